The lowest BCUT2D eigenvalue weighted by molar-refractivity contribution is -0.141. The summed E-state index contributed by atoms with van der Waals surface area (Å²) >= 11 is 7.81. The van der Waals surface area contributed by atoms with Gasteiger partial charge < -0.3 is 31.9 Å². The van der Waals surface area contributed by atoms with Crippen LogP contribution in [-0.2, 0) is 24.0 Å². The summed E-state index contributed by atoms with van der Waals surface area (Å²) in [5.41, 5.74) is 5.74. The molecule has 11 nitrogen and oxygen atoms in total. The fourth-order valence-corrected chi connectivity index (χ4v) is 2.54. The van der Waals surface area contributed by atoms with Crippen LogP contribution in [0, 0.1) is 5.92 Å². The van der Waals surface area contributed by atoms with Crippen LogP contribution in [0.1, 0.15) is 26.7 Å². The summed E-state index contributed by atoms with van der Waals surface area (Å²) in [7, 11) is 0. The lowest BCUT2D eigenvalue weighted by atomic mass is 10.0. The van der Waals surface area contributed by atoms with E-state index in [1.165, 1.54) is 0 Å². The Morgan fingerprint density at radius 2 is 1.28 bits per heavy atom. The van der Waals surface area contributed by atoms with E-state index in [2.05, 4.69) is 41.2 Å². The Kier molecular flexibility index (Phi) is 12.4. The van der Waals surface area contributed by atoms with Gasteiger partial charge in [-0.15, -0.1) is 0 Å². The molecule has 0 aliphatic heterocycles. The maximum atomic E-state index is 12.5. The smallest absolute Gasteiger partial charge is 0.327 e. The lowest BCUT2D eigenvalue weighted by Crippen LogP contribution is -2.58. The quantitative estimate of drug-likeness (QED) is 0.151. The van der Waals surface area contributed by atoms with Crippen molar-refractivity contribution in [1.82, 2.24) is 16.0 Å². The number of carbonyl (C=O) groups excluding carboxylic acids is 3. The third-order valence-corrected chi connectivity index (χ3v) is 4.64. The van der Waals surface area contributed by atoms with Crippen molar-refractivity contribution in [2.75, 3.05) is 11.5 Å². The first kappa shape index (κ1) is 27.0. The lowest BCUT2D eigenvalue weighted by Gasteiger charge is -2.24. The van der Waals surface area contributed by atoms with Gasteiger partial charge in [0.25, 0.3) is 0 Å². The number of nitrogens with one attached hydrogen (secondary N) is 3. The van der Waals surface area contributed by atoms with E-state index in [9.17, 15) is 24.0 Å². The van der Waals surface area contributed by atoms with Gasteiger partial charge in [-0.2, -0.15) is 25.3 Å². The van der Waals surface area contributed by atoms with Gasteiger partial charge in [0.2, 0.25) is 17.7 Å². The summed E-state index contributed by atoms with van der Waals surface area (Å²) in [4.78, 5) is 58.8. The van der Waals surface area contributed by atoms with Crippen LogP contribution in [0.25, 0.3) is 0 Å². The number of aliphatic carboxylic acids is 2. The van der Waals surface area contributed by atoms with Crippen molar-refractivity contribution in [2.45, 2.75) is 50.9 Å². The van der Waals surface area contributed by atoms with Crippen molar-refractivity contribution >= 4 is 54.9 Å². The average Bonchev–Trinajstić information content (AvgIpc) is 2.65. The van der Waals surface area contributed by atoms with Crippen molar-refractivity contribution in [1.29, 1.82) is 0 Å². The predicted molar refractivity (Wildman–Crippen MR) is 111 cm³/mol. The van der Waals surface area contributed by atoms with E-state index in [4.69, 9.17) is 15.9 Å². The number of amides is 3. The van der Waals surface area contributed by atoms with Gasteiger partial charge in [-0.05, 0) is 12.3 Å². The predicted octanol–water partition coefficient (Wildman–Crippen LogP) is -1.77. The molecular formula is C16H28N4O7S2. The van der Waals surface area contributed by atoms with E-state index in [1.807, 2.05) is 0 Å². The van der Waals surface area contributed by atoms with E-state index >= 15 is 0 Å². The van der Waals surface area contributed by atoms with Crippen LogP contribution in [0.3, 0.4) is 0 Å². The molecule has 4 unspecified atom stereocenters. The van der Waals surface area contributed by atoms with Gasteiger partial charge in [0.1, 0.15) is 18.1 Å². The average molecular weight is 453 g/mol. The molecule has 0 fully saturated rings. The molecule has 0 aromatic rings. The summed E-state index contributed by atoms with van der Waals surface area (Å²) < 4.78 is 0. The maximum absolute atomic E-state index is 12.5. The van der Waals surface area contributed by atoms with Crippen LogP contribution in [0.5, 0.6) is 0 Å². The molecule has 0 saturated carbocycles. The van der Waals surface area contributed by atoms with Crippen LogP contribution in [0.4, 0.5) is 0 Å². The molecular weight excluding hydrogens is 424 g/mol. The second kappa shape index (κ2) is 13.3. The number of hydrogen-bond acceptors (Lipinski definition) is 8. The van der Waals surface area contributed by atoms with Crippen LogP contribution in [-0.4, -0.2) is 75.5 Å². The second-order valence-corrected chi connectivity index (χ2v) is 7.32. The minimum absolute atomic E-state index is 0.165. The normalized spacial score (nSPS) is 15.0. The van der Waals surface area contributed by atoms with Crippen LogP contribution < -0.4 is 21.7 Å². The van der Waals surface area contributed by atoms with Gasteiger partial charge in [0.05, 0.1) is 6.04 Å². The van der Waals surface area contributed by atoms with Crippen LogP contribution in [0.15, 0.2) is 0 Å². The van der Waals surface area contributed by atoms with E-state index in [1.54, 1.807) is 13.8 Å². The van der Waals surface area contributed by atoms with E-state index in [0.717, 1.165) is 0 Å². The molecule has 4 atom stereocenters. The largest absolute Gasteiger partial charge is 0.481 e. The second-order valence-electron chi connectivity index (χ2n) is 6.59. The zero-order valence-electron chi connectivity index (χ0n) is 16.1. The monoisotopic (exact) mass is 452 g/mol. The zero-order chi connectivity index (χ0) is 22.7. The fraction of sp³-hybridized carbons (Fsp3) is 0.688. The molecule has 166 valence electrons. The number of thiol groups is 2. The van der Waals surface area contributed by atoms with Gasteiger partial charge in [0.15, 0.2) is 0 Å². The topological polar surface area (TPSA) is 188 Å². The highest BCUT2D eigenvalue weighted by molar-refractivity contribution is 7.80. The van der Waals surface area contributed by atoms with Crippen LogP contribution in [0.2, 0.25) is 0 Å². The molecule has 7 N–H and O–H groups in total. The molecule has 3 amide bonds. The number of hydrogen-bond donors (Lipinski definition) is 8. The van der Waals surface area contributed by atoms with E-state index < -0.39 is 60.2 Å². The third kappa shape index (κ3) is 9.85. The van der Waals surface area contributed by atoms with E-state index in [-0.39, 0.29) is 23.8 Å². The van der Waals surface area contributed by atoms with E-state index in [0.29, 0.717) is 0 Å². The van der Waals surface area contributed by atoms with Crippen molar-refractivity contribution < 1.29 is 34.2 Å². The molecule has 0 aromatic carbocycles. The standard InChI is InChI=1S/C16H28N4O7S2/c1-7(2)12(17)15(25)18-8(3-4-11(21)22)13(23)19-9(5-28)14(24)20-10(6-29)16(26)27/h7-10,12,28-29H,3-6,17H2,1-2H3,(H,18,25)(H,19,23)(H,20,24)(H,21,22)(H,26,27). The first-order chi connectivity index (χ1) is 13.4. The third-order valence-electron chi connectivity index (χ3n) is 3.91. The molecule has 0 aromatic heterocycles. The summed E-state index contributed by atoms with van der Waals surface area (Å²) in [6.07, 6.45) is -0.638. The molecule has 0 spiro atoms. The summed E-state index contributed by atoms with van der Waals surface area (Å²) in [5, 5.41) is 24.8. The molecule has 0 rings (SSSR count). The van der Waals surface area contributed by atoms with Crippen molar-refractivity contribution in [3.8, 4) is 0 Å². The molecule has 0 heterocycles. The Bertz CT molecular complexity index is 618. The number of carboxylic acids is 2. The molecule has 29 heavy (non-hydrogen) atoms. The highest BCUT2D eigenvalue weighted by atomic mass is 32.1. The number of rotatable bonds is 13. The van der Waals surface area contributed by atoms with Gasteiger partial charge in [0, 0.05) is 17.9 Å². The summed E-state index contributed by atoms with van der Waals surface area (Å²) in [6, 6.07) is -4.64. The Hall–Kier alpha value is -1.99. The van der Waals surface area contributed by atoms with Crippen molar-refractivity contribution in [3.05, 3.63) is 0 Å². The van der Waals surface area contributed by atoms with Crippen molar-refractivity contribution in [3.63, 3.8) is 0 Å². The number of carboxylic acid groups (broad SMARTS) is 2. The van der Waals surface area contributed by atoms with Crippen molar-refractivity contribution in [2.24, 2.45) is 11.7 Å². The molecule has 0 aliphatic carbocycles. The molecule has 0 radical (unpaired) electrons. The fourth-order valence-electron chi connectivity index (χ4n) is 2.03. The SMILES string of the molecule is CC(C)C(N)C(=O)NC(CCC(=O)O)C(=O)NC(CS)C(=O)NC(CS)C(=O)O. The highest BCUT2D eigenvalue weighted by Gasteiger charge is 2.30. The first-order valence-electron chi connectivity index (χ1n) is 8.77. The Morgan fingerprint density at radius 1 is 0.828 bits per heavy atom. The minimum Gasteiger partial charge on any atom is -0.481 e. The number of carbonyl (C=O) groups is 5. The first-order valence-corrected chi connectivity index (χ1v) is 10.0. The number of nitrogens with two attached hydrogens (primary N) is 1. The highest BCUT2D eigenvalue weighted by Crippen LogP contribution is 2.04. The van der Waals surface area contributed by atoms with Gasteiger partial charge in [-0.25, -0.2) is 4.79 Å². The molecule has 0 bridgehead atoms. The summed E-state index contributed by atoms with van der Waals surface area (Å²) in [6.45, 7) is 3.41. The van der Waals surface area contributed by atoms with Gasteiger partial charge in [-0.3, -0.25) is 19.2 Å². The Morgan fingerprint density at radius 3 is 1.69 bits per heavy atom. The van der Waals surface area contributed by atoms with Gasteiger partial charge >= 0.3 is 11.9 Å². The van der Waals surface area contributed by atoms with Crippen LogP contribution >= 0.6 is 25.3 Å². The Balaban J connectivity index is 5.23. The molecule has 0 saturated heterocycles. The maximum Gasteiger partial charge on any atom is 0.327 e. The molecule has 13 heteroatoms. The minimum atomic E-state index is -1.30. The molecule has 0 aliphatic rings. The summed E-state index contributed by atoms with van der Waals surface area (Å²) in [5.74, 6) is -5.29. The van der Waals surface area contributed by atoms with Gasteiger partial charge in [-0.1, -0.05) is 13.8 Å². The zero-order valence-corrected chi connectivity index (χ0v) is 17.9. The Labute approximate surface area is 179 Å².